The minimum atomic E-state index is -0.216. The van der Waals surface area contributed by atoms with Crippen LogP contribution in [0.4, 0.5) is 4.39 Å². The number of nitrogens with one attached hydrogen (secondary N) is 1. The molecule has 1 saturated heterocycles. The van der Waals surface area contributed by atoms with Crippen molar-refractivity contribution >= 4 is 5.78 Å². The van der Waals surface area contributed by atoms with Gasteiger partial charge >= 0.3 is 0 Å². The van der Waals surface area contributed by atoms with Gasteiger partial charge in [0, 0.05) is 25.1 Å². The summed E-state index contributed by atoms with van der Waals surface area (Å²) in [6, 6.07) is 14.6. The van der Waals surface area contributed by atoms with E-state index in [1.807, 2.05) is 36.4 Å². The van der Waals surface area contributed by atoms with Gasteiger partial charge in [-0.2, -0.15) is 0 Å². The molecule has 0 spiro atoms. The number of methoxy groups -OCH3 is 1. The number of rotatable bonds is 6. The maximum atomic E-state index is 14.0. The first kappa shape index (κ1) is 18.7. The number of piperidine rings is 1. The Hall–Kier alpha value is -2.04. The summed E-state index contributed by atoms with van der Waals surface area (Å²) in [6.45, 7) is 3.35. The molecule has 0 amide bonds. The monoisotopic (exact) mass is 355 g/mol. The van der Waals surface area contributed by atoms with Crippen LogP contribution in [0, 0.1) is 24.6 Å². The molecule has 0 bridgehead atoms. The molecule has 26 heavy (non-hydrogen) atoms. The Kier molecular flexibility index (Phi) is 6.17. The molecule has 1 aliphatic rings. The molecule has 1 aliphatic heterocycles. The fraction of sp³-hybridized carbons (Fsp3) is 0.409. The number of hydrogen-bond donors (Lipinski definition) is 1. The Morgan fingerprint density at radius 3 is 2.73 bits per heavy atom. The van der Waals surface area contributed by atoms with Crippen LogP contribution in [0.25, 0.3) is 0 Å². The summed E-state index contributed by atoms with van der Waals surface area (Å²) in [6.07, 6.45) is 1.42. The Labute approximate surface area is 154 Å². The van der Waals surface area contributed by atoms with Gasteiger partial charge in [0.25, 0.3) is 0 Å². The highest BCUT2D eigenvalue weighted by Gasteiger charge is 2.33. The number of hydrogen-bond acceptors (Lipinski definition) is 3. The zero-order valence-electron chi connectivity index (χ0n) is 15.4. The molecule has 0 saturated carbocycles. The SMILES string of the molecule is COC(C[C@H]1CCNC[C@@H]1C(=O)c1ccccc1)c1cccc(F)c1C. The molecule has 1 fully saturated rings. The zero-order valence-corrected chi connectivity index (χ0v) is 15.4. The topological polar surface area (TPSA) is 38.3 Å². The minimum Gasteiger partial charge on any atom is -0.377 e. The van der Waals surface area contributed by atoms with Crippen LogP contribution in [0.3, 0.4) is 0 Å². The van der Waals surface area contributed by atoms with Crippen molar-refractivity contribution in [2.45, 2.75) is 25.9 Å². The van der Waals surface area contributed by atoms with Crippen LogP contribution in [-0.4, -0.2) is 26.0 Å². The van der Waals surface area contributed by atoms with E-state index >= 15 is 0 Å². The molecule has 2 aromatic rings. The van der Waals surface area contributed by atoms with Crippen LogP contribution in [0.15, 0.2) is 48.5 Å². The van der Waals surface area contributed by atoms with Crippen molar-refractivity contribution in [3.05, 3.63) is 71.0 Å². The van der Waals surface area contributed by atoms with Crippen LogP contribution in [0.1, 0.15) is 40.4 Å². The summed E-state index contributed by atoms with van der Waals surface area (Å²) in [5, 5.41) is 3.35. The van der Waals surface area contributed by atoms with Gasteiger partial charge in [-0.15, -0.1) is 0 Å². The largest absolute Gasteiger partial charge is 0.377 e. The average molecular weight is 355 g/mol. The Morgan fingerprint density at radius 2 is 2.00 bits per heavy atom. The van der Waals surface area contributed by atoms with Crippen LogP contribution < -0.4 is 5.32 Å². The average Bonchev–Trinajstić information content (AvgIpc) is 2.69. The number of ketones is 1. The number of carbonyl (C=O) groups is 1. The first-order chi connectivity index (χ1) is 12.6. The molecule has 138 valence electrons. The summed E-state index contributed by atoms with van der Waals surface area (Å²) in [5.74, 6) is 0.0784. The minimum absolute atomic E-state index is 0.0855. The van der Waals surface area contributed by atoms with E-state index in [1.54, 1.807) is 20.1 Å². The smallest absolute Gasteiger partial charge is 0.167 e. The van der Waals surface area contributed by atoms with E-state index in [-0.39, 0.29) is 29.5 Å². The Balaban J connectivity index is 1.81. The van der Waals surface area contributed by atoms with Gasteiger partial charge in [0.1, 0.15) is 5.82 Å². The summed E-state index contributed by atoms with van der Waals surface area (Å²) in [4.78, 5) is 13.0. The predicted octanol–water partition coefficient (Wildman–Crippen LogP) is 4.32. The second kappa shape index (κ2) is 8.56. The van der Waals surface area contributed by atoms with Crippen LogP contribution in [0.2, 0.25) is 0 Å². The van der Waals surface area contributed by atoms with Gasteiger partial charge in [0.15, 0.2) is 5.78 Å². The molecular weight excluding hydrogens is 329 g/mol. The second-order valence-electron chi connectivity index (χ2n) is 7.00. The lowest BCUT2D eigenvalue weighted by atomic mass is 9.77. The molecule has 3 rings (SSSR count). The predicted molar refractivity (Wildman–Crippen MR) is 101 cm³/mol. The number of ether oxygens (including phenoxy) is 1. The van der Waals surface area contributed by atoms with E-state index in [0.29, 0.717) is 18.5 Å². The normalized spacial score (nSPS) is 21.3. The highest BCUT2D eigenvalue weighted by atomic mass is 19.1. The third-order valence-corrected chi connectivity index (χ3v) is 5.48. The number of halogens is 1. The summed E-state index contributed by atoms with van der Waals surface area (Å²) in [5.41, 5.74) is 2.25. The van der Waals surface area contributed by atoms with Crippen LogP contribution >= 0.6 is 0 Å². The number of benzene rings is 2. The zero-order chi connectivity index (χ0) is 18.5. The standard InChI is InChI=1S/C22H26FNO2/c1-15-18(9-6-10-20(15)23)21(26-2)13-17-11-12-24-14-19(17)22(25)16-7-4-3-5-8-16/h3-10,17,19,21,24H,11-14H2,1-2H3/t17-,19+,21?/m1/s1. The fourth-order valence-electron chi connectivity index (χ4n) is 3.92. The lowest BCUT2D eigenvalue weighted by Gasteiger charge is -2.34. The molecule has 1 heterocycles. The molecular formula is C22H26FNO2. The van der Waals surface area contributed by atoms with E-state index in [4.69, 9.17) is 4.74 Å². The molecule has 4 heteroatoms. The van der Waals surface area contributed by atoms with Crippen molar-refractivity contribution in [3.63, 3.8) is 0 Å². The molecule has 3 atom stereocenters. The maximum Gasteiger partial charge on any atom is 0.167 e. The summed E-state index contributed by atoms with van der Waals surface area (Å²) >= 11 is 0. The summed E-state index contributed by atoms with van der Waals surface area (Å²) < 4.78 is 19.7. The third kappa shape index (κ3) is 4.02. The second-order valence-corrected chi connectivity index (χ2v) is 7.00. The highest BCUT2D eigenvalue weighted by Crippen LogP contribution is 2.35. The number of carbonyl (C=O) groups excluding carboxylic acids is 1. The van der Waals surface area contributed by atoms with Gasteiger partial charge < -0.3 is 10.1 Å². The van der Waals surface area contributed by atoms with Gasteiger partial charge in [0.05, 0.1) is 6.10 Å². The van der Waals surface area contributed by atoms with Crippen molar-refractivity contribution in [2.75, 3.05) is 20.2 Å². The van der Waals surface area contributed by atoms with Crippen molar-refractivity contribution in [1.29, 1.82) is 0 Å². The number of Topliss-reactive ketones (excluding diaryl/α,β-unsaturated/α-hetero) is 1. The van der Waals surface area contributed by atoms with Gasteiger partial charge in [-0.1, -0.05) is 42.5 Å². The van der Waals surface area contributed by atoms with Crippen molar-refractivity contribution in [3.8, 4) is 0 Å². The molecule has 0 aliphatic carbocycles. The molecule has 0 aromatic heterocycles. The van der Waals surface area contributed by atoms with E-state index in [2.05, 4.69) is 5.32 Å². The van der Waals surface area contributed by atoms with E-state index in [9.17, 15) is 9.18 Å². The molecule has 1 unspecified atom stereocenters. The van der Waals surface area contributed by atoms with E-state index < -0.39 is 0 Å². The van der Waals surface area contributed by atoms with Gasteiger partial charge in [-0.3, -0.25) is 4.79 Å². The summed E-state index contributed by atoms with van der Waals surface area (Å²) in [7, 11) is 1.66. The maximum absolute atomic E-state index is 14.0. The van der Waals surface area contributed by atoms with Crippen LogP contribution in [-0.2, 0) is 4.74 Å². The molecule has 2 aromatic carbocycles. The van der Waals surface area contributed by atoms with Crippen LogP contribution in [0.5, 0.6) is 0 Å². The first-order valence-corrected chi connectivity index (χ1v) is 9.19. The van der Waals surface area contributed by atoms with E-state index in [0.717, 1.165) is 24.1 Å². The third-order valence-electron chi connectivity index (χ3n) is 5.48. The lowest BCUT2D eigenvalue weighted by Crippen LogP contribution is -2.41. The van der Waals surface area contributed by atoms with Gasteiger partial charge in [-0.25, -0.2) is 4.39 Å². The molecule has 0 radical (unpaired) electrons. The first-order valence-electron chi connectivity index (χ1n) is 9.19. The van der Waals surface area contributed by atoms with E-state index in [1.165, 1.54) is 6.07 Å². The molecule has 1 N–H and O–H groups in total. The highest BCUT2D eigenvalue weighted by molar-refractivity contribution is 5.98. The quantitative estimate of drug-likeness (QED) is 0.784. The van der Waals surface area contributed by atoms with Crippen molar-refractivity contribution in [1.82, 2.24) is 5.32 Å². The lowest BCUT2D eigenvalue weighted by molar-refractivity contribution is 0.0548. The molecule has 3 nitrogen and oxygen atoms in total. The van der Waals surface area contributed by atoms with Crippen molar-refractivity contribution < 1.29 is 13.9 Å². The fourth-order valence-corrected chi connectivity index (χ4v) is 3.92. The van der Waals surface area contributed by atoms with Crippen molar-refractivity contribution in [2.24, 2.45) is 11.8 Å². The Morgan fingerprint density at radius 1 is 1.23 bits per heavy atom. The van der Waals surface area contributed by atoms with Gasteiger partial charge in [-0.05, 0) is 49.4 Å². The van der Waals surface area contributed by atoms with Gasteiger partial charge in [0.2, 0.25) is 0 Å². The Bertz CT molecular complexity index is 747.